The molecule has 4 aromatic rings. The summed E-state index contributed by atoms with van der Waals surface area (Å²) in [5.41, 5.74) is 10.2. The number of anilines is 1. The van der Waals surface area contributed by atoms with E-state index in [9.17, 15) is 4.79 Å². The van der Waals surface area contributed by atoms with Gasteiger partial charge in [-0.15, -0.1) is 0 Å². The van der Waals surface area contributed by atoms with Crippen LogP contribution in [0.1, 0.15) is 47.6 Å². The Balaban J connectivity index is 1.37. The van der Waals surface area contributed by atoms with E-state index in [1.54, 1.807) is 26.4 Å². The van der Waals surface area contributed by atoms with E-state index in [2.05, 4.69) is 15.3 Å². The van der Waals surface area contributed by atoms with E-state index < -0.39 is 0 Å². The van der Waals surface area contributed by atoms with Crippen molar-refractivity contribution in [2.24, 2.45) is 0 Å². The van der Waals surface area contributed by atoms with Crippen LogP contribution in [0.4, 0.5) is 5.82 Å². The van der Waals surface area contributed by atoms with E-state index in [1.807, 2.05) is 41.1 Å². The molecule has 0 unspecified atom stereocenters. The first-order valence-electron chi connectivity index (χ1n) is 12.1. The van der Waals surface area contributed by atoms with Crippen LogP contribution in [0.15, 0.2) is 54.9 Å². The largest absolute Gasteiger partial charge is 0.496 e. The van der Waals surface area contributed by atoms with Crippen molar-refractivity contribution in [3.63, 3.8) is 0 Å². The van der Waals surface area contributed by atoms with Crippen molar-refractivity contribution in [2.45, 2.75) is 44.4 Å². The molecule has 1 amide bonds. The molecule has 0 radical (unpaired) electrons. The normalized spacial score (nSPS) is 17.7. The molecule has 2 aromatic heterocycles. The van der Waals surface area contributed by atoms with Crippen molar-refractivity contribution < 1.29 is 14.3 Å². The number of amides is 1. The van der Waals surface area contributed by atoms with Gasteiger partial charge in [-0.2, -0.15) is 5.10 Å². The maximum absolute atomic E-state index is 12.6. The number of nitrogens with one attached hydrogen (secondary N) is 1. The molecule has 3 N–H and O–H groups in total. The number of carbonyl (C=O) groups excluding carboxylic acids is 1. The summed E-state index contributed by atoms with van der Waals surface area (Å²) in [4.78, 5) is 21.4. The molecule has 2 aromatic carbocycles. The fraction of sp³-hybridized carbons (Fsp3) is 0.333. The van der Waals surface area contributed by atoms with E-state index >= 15 is 0 Å². The fourth-order valence-electron chi connectivity index (χ4n) is 4.87. The number of para-hydroxylation sites is 1. The number of nitrogen functional groups attached to an aromatic ring is 1. The summed E-state index contributed by atoms with van der Waals surface area (Å²) in [6.07, 6.45) is 5.74. The van der Waals surface area contributed by atoms with Gasteiger partial charge in [-0.25, -0.2) is 14.6 Å². The molecule has 0 bridgehead atoms. The zero-order chi connectivity index (χ0) is 25.1. The van der Waals surface area contributed by atoms with E-state index in [-0.39, 0.29) is 11.9 Å². The molecule has 5 rings (SSSR count). The van der Waals surface area contributed by atoms with Gasteiger partial charge < -0.3 is 20.5 Å². The lowest BCUT2D eigenvalue weighted by Crippen LogP contribution is -2.23. The molecule has 1 aliphatic rings. The lowest BCUT2D eigenvalue weighted by atomic mass is 9.93. The molecule has 186 valence electrons. The van der Waals surface area contributed by atoms with Crippen LogP contribution in [0.5, 0.6) is 5.75 Å². The van der Waals surface area contributed by atoms with Crippen molar-refractivity contribution in [3.8, 4) is 17.0 Å². The molecule has 36 heavy (non-hydrogen) atoms. The minimum atomic E-state index is -0.186. The molecule has 9 nitrogen and oxygen atoms in total. The monoisotopic (exact) mass is 486 g/mol. The highest BCUT2D eigenvalue weighted by atomic mass is 16.5. The van der Waals surface area contributed by atoms with Gasteiger partial charge in [0.15, 0.2) is 5.65 Å². The Bertz CT molecular complexity index is 1360. The molecule has 1 aliphatic carbocycles. The maximum Gasteiger partial charge on any atom is 0.255 e. The Labute approximate surface area is 209 Å². The average molecular weight is 487 g/mol. The summed E-state index contributed by atoms with van der Waals surface area (Å²) >= 11 is 0. The minimum absolute atomic E-state index is 0.186. The molecule has 0 aliphatic heterocycles. The Morgan fingerprint density at radius 3 is 2.53 bits per heavy atom. The highest BCUT2D eigenvalue weighted by molar-refractivity contribution is 5.98. The van der Waals surface area contributed by atoms with Crippen LogP contribution >= 0.6 is 0 Å². The van der Waals surface area contributed by atoms with Crippen LogP contribution in [0.2, 0.25) is 0 Å². The maximum atomic E-state index is 12.6. The number of aromatic nitrogens is 4. The van der Waals surface area contributed by atoms with Gasteiger partial charge in [0.2, 0.25) is 0 Å². The number of methoxy groups -OCH3 is 2. The van der Waals surface area contributed by atoms with Crippen LogP contribution in [-0.2, 0) is 11.3 Å². The van der Waals surface area contributed by atoms with Crippen LogP contribution in [0, 0.1) is 0 Å². The third-order valence-electron chi connectivity index (χ3n) is 6.87. The molecule has 9 heteroatoms. The first-order chi connectivity index (χ1) is 17.6. The Morgan fingerprint density at radius 2 is 1.81 bits per heavy atom. The summed E-state index contributed by atoms with van der Waals surface area (Å²) in [5, 5.41) is 8.69. The van der Waals surface area contributed by atoms with Crippen LogP contribution in [-0.4, -0.2) is 46.0 Å². The number of nitrogens with zero attached hydrogens (tertiary/aromatic N) is 4. The van der Waals surface area contributed by atoms with Crippen molar-refractivity contribution in [1.29, 1.82) is 0 Å². The van der Waals surface area contributed by atoms with E-state index in [1.165, 1.54) is 6.33 Å². The van der Waals surface area contributed by atoms with Gasteiger partial charge in [0.05, 0.1) is 30.2 Å². The molecule has 0 saturated heterocycles. The summed E-state index contributed by atoms with van der Waals surface area (Å²) < 4.78 is 12.8. The Hall–Kier alpha value is -3.98. The van der Waals surface area contributed by atoms with Crippen molar-refractivity contribution in [3.05, 3.63) is 66.0 Å². The molecule has 2 heterocycles. The van der Waals surface area contributed by atoms with Crippen molar-refractivity contribution in [2.75, 3.05) is 20.0 Å². The quantitative estimate of drug-likeness (QED) is 0.403. The van der Waals surface area contributed by atoms with E-state index in [0.29, 0.717) is 29.8 Å². The number of hydrogen-bond donors (Lipinski definition) is 2. The molecular weight excluding hydrogens is 456 g/mol. The number of fused-ring (bicyclic) bond motifs is 1. The first-order valence-corrected chi connectivity index (χ1v) is 12.1. The van der Waals surface area contributed by atoms with Crippen molar-refractivity contribution in [1.82, 2.24) is 25.1 Å². The molecule has 1 saturated carbocycles. The van der Waals surface area contributed by atoms with Gasteiger partial charge >= 0.3 is 0 Å². The first kappa shape index (κ1) is 23.7. The third kappa shape index (κ3) is 4.61. The predicted octanol–water partition coefficient (Wildman–Crippen LogP) is 4.14. The lowest BCUT2D eigenvalue weighted by molar-refractivity contribution is 0.0574. The summed E-state index contributed by atoms with van der Waals surface area (Å²) in [6.45, 7) is 0.389. The van der Waals surface area contributed by atoms with E-state index in [0.717, 1.165) is 53.5 Å². The molecule has 1 fully saturated rings. The van der Waals surface area contributed by atoms with Crippen LogP contribution in [0.25, 0.3) is 22.3 Å². The summed E-state index contributed by atoms with van der Waals surface area (Å²) in [5.74, 6) is 0.776. The van der Waals surface area contributed by atoms with Crippen LogP contribution in [0.3, 0.4) is 0 Å². The molecular formula is C27H30N6O3. The molecule has 0 spiro atoms. The van der Waals surface area contributed by atoms with Gasteiger partial charge in [-0.1, -0.05) is 36.4 Å². The number of carbonyl (C=O) groups is 1. The number of rotatable bonds is 7. The van der Waals surface area contributed by atoms with Gasteiger partial charge in [0.1, 0.15) is 23.6 Å². The minimum Gasteiger partial charge on any atom is -0.496 e. The standard InChI is InChI=1S/C27H30N6O3/c1-35-20-13-11-19(12-14-20)33-26-23(25(28)30-16-31-26)24(32-33)18-9-7-17(8-10-18)15-29-27(34)21-5-3-4-6-22(21)36-2/h3-10,16,19-20H,11-15H2,1-2H3,(H,29,34)(H2,28,30,31). The highest BCUT2D eigenvalue weighted by Gasteiger charge is 2.27. The average Bonchev–Trinajstić information content (AvgIpc) is 3.33. The molecule has 0 atom stereocenters. The van der Waals surface area contributed by atoms with Gasteiger partial charge in [-0.05, 0) is 43.4 Å². The zero-order valence-electron chi connectivity index (χ0n) is 20.5. The Kier molecular flexibility index (Phi) is 6.81. The van der Waals surface area contributed by atoms with Gasteiger partial charge in [0.25, 0.3) is 5.91 Å². The number of nitrogens with two attached hydrogens (primary N) is 1. The van der Waals surface area contributed by atoms with Gasteiger partial charge in [0, 0.05) is 19.2 Å². The predicted molar refractivity (Wildman–Crippen MR) is 138 cm³/mol. The highest BCUT2D eigenvalue weighted by Crippen LogP contribution is 2.36. The van der Waals surface area contributed by atoms with Crippen LogP contribution < -0.4 is 15.8 Å². The van der Waals surface area contributed by atoms with Crippen molar-refractivity contribution >= 4 is 22.8 Å². The number of hydrogen-bond acceptors (Lipinski definition) is 7. The summed E-state index contributed by atoms with van der Waals surface area (Å²) in [6, 6.07) is 15.3. The second-order valence-electron chi connectivity index (χ2n) is 9.00. The Morgan fingerprint density at radius 1 is 1.06 bits per heavy atom. The zero-order valence-corrected chi connectivity index (χ0v) is 20.5. The topological polar surface area (TPSA) is 117 Å². The smallest absolute Gasteiger partial charge is 0.255 e. The van der Waals surface area contributed by atoms with Gasteiger partial charge in [-0.3, -0.25) is 4.79 Å². The second kappa shape index (κ2) is 10.3. The summed E-state index contributed by atoms with van der Waals surface area (Å²) in [7, 11) is 3.33. The van der Waals surface area contributed by atoms with E-state index in [4.69, 9.17) is 20.3 Å². The fourth-order valence-corrected chi connectivity index (χ4v) is 4.87. The number of benzene rings is 2. The SMILES string of the molecule is COc1ccccc1C(=O)NCc1ccc(-c2nn(C3CCC(OC)CC3)c3ncnc(N)c23)cc1. The second-order valence-corrected chi connectivity index (χ2v) is 9.00. The lowest BCUT2D eigenvalue weighted by Gasteiger charge is -2.27. The number of ether oxygens (including phenoxy) is 2. The third-order valence-corrected chi connectivity index (χ3v) is 6.87.